The second kappa shape index (κ2) is 4.80. The number of ether oxygens (including phenoxy) is 2. The first-order chi connectivity index (χ1) is 7.38. The molecule has 1 N–H and O–H groups in total. The maximum absolute atomic E-state index is 11.6. The Kier molecular flexibility index (Phi) is 3.88. The first-order valence-electron chi connectivity index (χ1n) is 5.05. The molecule has 0 aromatic rings. The molecule has 1 fully saturated rings. The highest BCUT2D eigenvalue weighted by Gasteiger charge is 2.43. The van der Waals surface area contributed by atoms with Crippen molar-refractivity contribution in [2.24, 2.45) is 0 Å². The summed E-state index contributed by atoms with van der Waals surface area (Å²) < 4.78 is 10.1. The Bertz CT molecular complexity index is 285. The molecule has 1 saturated heterocycles. The summed E-state index contributed by atoms with van der Waals surface area (Å²) in [6, 6.07) is 0. The van der Waals surface area contributed by atoms with Crippen LogP contribution in [0, 0.1) is 0 Å². The van der Waals surface area contributed by atoms with E-state index in [1.807, 2.05) is 0 Å². The predicted octanol–water partition coefficient (Wildman–Crippen LogP) is -0.277. The van der Waals surface area contributed by atoms with Crippen molar-refractivity contribution in [3.05, 3.63) is 0 Å². The molecule has 1 unspecified atom stereocenters. The number of hydrogen-bond donors (Lipinski definition) is 1. The minimum Gasteiger partial charge on any atom is -0.480 e. The lowest BCUT2D eigenvalue weighted by Crippen LogP contribution is -2.65. The Morgan fingerprint density at radius 1 is 1.50 bits per heavy atom. The van der Waals surface area contributed by atoms with Crippen LogP contribution in [-0.2, 0) is 19.1 Å². The van der Waals surface area contributed by atoms with E-state index < -0.39 is 17.7 Å². The highest BCUT2D eigenvalue weighted by Crippen LogP contribution is 2.25. The number of nitrogens with zero attached hydrogens (tertiary/aromatic N) is 1. The van der Waals surface area contributed by atoms with Crippen LogP contribution in [0.2, 0.25) is 0 Å². The maximum atomic E-state index is 11.6. The Labute approximate surface area is 94.1 Å². The van der Waals surface area contributed by atoms with Gasteiger partial charge in [-0.2, -0.15) is 0 Å². The molecule has 1 heterocycles. The Morgan fingerprint density at radius 3 is 2.50 bits per heavy atom. The fourth-order valence-electron chi connectivity index (χ4n) is 1.60. The summed E-state index contributed by atoms with van der Waals surface area (Å²) in [4.78, 5) is 23.5. The molecule has 6 nitrogen and oxygen atoms in total. The van der Waals surface area contributed by atoms with Gasteiger partial charge in [0.25, 0.3) is 5.91 Å². The van der Waals surface area contributed by atoms with E-state index in [1.54, 1.807) is 18.7 Å². The van der Waals surface area contributed by atoms with Crippen LogP contribution in [-0.4, -0.2) is 60.4 Å². The fraction of sp³-hybridized carbons (Fsp3) is 0.800. The Morgan fingerprint density at radius 2 is 2.06 bits per heavy atom. The molecule has 0 aromatic heterocycles. The van der Waals surface area contributed by atoms with E-state index >= 15 is 0 Å². The quantitative estimate of drug-likeness (QED) is 0.704. The highest BCUT2D eigenvalue weighted by atomic mass is 16.5. The summed E-state index contributed by atoms with van der Waals surface area (Å²) in [7, 11) is 1.47. The van der Waals surface area contributed by atoms with Crippen LogP contribution >= 0.6 is 0 Å². The van der Waals surface area contributed by atoms with Crippen LogP contribution in [0.4, 0.5) is 0 Å². The first-order valence-corrected chi connectivity index (χ1v) is 5.05. The molecule has 1 aliphatic heterocycles. The van der Waals surface area contributed by atoms with Gasteiger partial charge in [-0.1, -0.05) is 0 Å². The minimum absolute atomic E-state index is 0.0982. The lowest BCUT2D eigenvalue weighted by atomic mass is 9.96. The van der Waals surface area contributed by atoms with Crippen molar-refractivity contribution in [2.45, 2.75) is 25.6 Å². The van der Waals surface area contributed by atoms with Crippen molar-refractivity contribution in [1.29, 1.82) is 0 Å². The molecule has 6 heteroatoms. The lowest BCUT2D eigenvalue weighted by Gasteiger charge is -2.47. The number of carboxylic acids is 1. The summed E-state index contributed by atoms with van der Waals surface area (Å²) in [6.45, 7) is 3.95. The van der Waals surface area contributed by atoms with E-state index in [0.29, 0.717) is 13.1 Å². The van der Waals surface area contributed by atoms with Gasteiger partial charge in [-0.25, -0.2) is 4.79 Å². The van der Waals surface area contributed by atoms with Gasteiger partial charge >= 0.3 is 5.97 Å². The molecule has 1 atom stereocenters. The van der Waals surface area contributed by atoms with Gasteiger partial charge < -0.3 is 19.5 Å². The van der Waals surface area contributed by atoms with E-state index in [-0.39, 0.29) is 12.5 Å². The second-order valence-corrected chi connectivity index (χ2v) is 4.20. The van der Waals surface area contributed by atoms with Crippen molar-refractivity contribution in [1.82, 2.24) is 4.90 Å². The molecule has 0 radical (unpaired) electrons. The standard InChI is InChI=1S/C10H17NO5/c1-7(15-3)9(14)11-5-10(2,6-11)16-4-8(12)13/h7H,4-6H2,1-3H3,(H,12,13). The van der Waals surface area contributed by atoms with E-state index in [0.717, 1.165) is 0 Å². The number of amides is 1. The zero-order valence-electron chi connectivity index (χ0n) is 9.73. The van der Waals surface area contributed by atoms with Crippen molar-refractivity contribution < 1.29 is 24.2 Å². The third-order valence-corrected chi connectivity index (χ3v) is 2.61. The molecule has 0 aromatic carbocycles. The fourth-order valence-corrected chi connectivity index (χ4v) is 1.60. The summed E-state index contributed by atoms with van der Waals surface area (Å²) in [5.74, 6) is -1.10. The largest absolute Gasteiger partial charge is 0.480 e. The number of aliphatic carboxylic acids is 1. The van der Waals surface area contributed by atoms with E-state index in [1.165, 1.54) is 7.11 Å². The van der Waals surface area contributed by atoms with Crippen LogP contribution in [0.25, 0.3) is 0 Å². The molecular weight excluding hydrogens is 214 g/mol. The average Bonchev–Trinajstić information content (AvgIpc) is 2.20. The molecule has 0 spiro atoms. The molecule has 1 amide bonds. The van der Waals surface area contributed by atoms with Gasteiger partial charge in [-0.3, -0.25) is 4.79 Å². The van der Waals surface area contributed by atoms with E-state index in [9.17, 15) is 9.59 Å². The first kappa shape index (κ1) is 12.9. The van der Waals surface area contributed by atoms with Crippen LogP contribution < -0.4 is 0 Å². The number of carbonyl (C=O) groups is 2. The molecule has 0 saturated carbocycles. The molecular formula is C10H17NO5. The Balaban J connectivity index is 2.35. The summed E-state index contributed by atoms with van der Waals surface area (Å²) >= 11 is 0. The number of rotatable bonds is 5. The van der Waals surface area contributed by atoms with Gasteiger partial charge in [0.1, 0.15) is 18.3 Å². The second-order valence-electron chi connectivity index (χ2n) is 4.20. The molecule has 16 heavy (non-hydrogen) atoms. The smallest absolute Gasteiger partial charge is 0.329 e. The van der Waals surface area contributed by atoms with E-state index in [4.69, 9.17) is 14.6 Å². The van der Waals surface area contributed by atoms with Crippen LogP contribution in [0.15, 0.2) is 0 Å². The molecule has 92 valence electrons. The minimum atomic E-state index is -1.00. The number of methoxy groups -OCH3 is 1. The summed E-state index contributed by atoms with van der Waals surface area (Å²) in [6.07, 6.45) is -0.468. The average molecular weight is 231 g/mol. The van der Waals surface area contributed by atoms with Crippen LogP contribution in [0.5, 0.6) is 0 Å². The van der Waals surface area contributed by atoms with Gasteiger partial charge in [0, 0.05) is 7.11 Å². The molecule has 1 aliphatic rings. The number of carbonyl (C=O) groups excluding carboxylic acids is 1. The predicted molar refractivity (Wildman–Crippen MR) is 55.0 cm³/mol. The van der Waals surface area contributed by atoms with Crippen LogP contribution in [0.1, 0.15) is 13.8 Å². The third-order valence-electron chi connectivity index (χ3n) is 2.61. The Hall–Kier alpha value is -1.14. The SMILES string of the molecule is COC(C)C(=O)N1CC(C)(OCC(=O)O)C1. The zero-order valence-corrected chi connectivity index (χ0v) is 9.73. The van der Waals surface area contributed by atoms with Gasteiger partial charge in [-0.05, 0) is 13.8 Å². The zero-order chi connectivity index (χ0) is 12.3. The van der Waals surface area contributed by atoms with Crippen molar-refractivity contribution in [3.8, 4) is 0 Å². The molecule has 0 bridgehead atoms. The maximum Gasteiger partial charge on any atom is 0.329 e. The summed E-state index contributed by atoms with van der Waals surface area (Å²) in [5, 5.41) is 8.47. The topological polar surface area (TPSA) is 76.1 Å². The third kappa shape index (κ3) is 2.93. The number of carboxylic acid groups (broad SMARTS) is 1. The van der Waals surface area contributed by atoms with Gasteiger partial charge in [0.15, 0.2) is 0 Å². The van der Waals surface area contributed by atoms with E-state index in [2.05, 4.69) is 0 Å². The monoisotopic (exact) mass is 231 g/mol. The normalized spacial score (nSPS) is 20.1. The molecule has 0 aliphatic carbocycles. The van der Waals surface area contributed by atoms with Crippen molar-refractivity contribution in [3.63, 3.8) is 0 Å². The van der Waals surface area contributed by atoms with Crippen LogP contribution in [0.3, 0.4) is 0 Å². The van der Waals surface area contributed by atoms with Crippen molar-refractivity contribution >= 4 is 11.9 Å². The summed E-state index contributed by atoms with van der Waals surface area (Å²) in [5.41, 5.74) is -0.540. The number of hydrogen-bond acceptors (Lipinski definition) is 4. The highest BCUT2D eigenvalue weighted by molar-refractivity contribution is 5.81. The lowest BCUT2D eigenvalue weighted by molar-refractivity contribution is -0.178. The molecule has 1 rings (SSSR count). The van der Waals surface area contributed by atoms with Crippen molar-refractivity contribution in [2.75, 3.05) is 26.8 Å². The van der Waals surface area contributed by atoms with Gasteiger partial charge in [-0.15, -0.1) is 0 Å². The van der Waals surface area contributed by atoms with Gasteiger partial charge in [0.05, 0.1) is 13.1 Å². The van der Waals surface area contributed by atoms with Gasteiger partial charge in [0.2, 0.25) is 0 Å². The number of likely N-dealkylation sites (tertiary alicyclic amines) is 1.